The molecular formula is C15H31NO. The van der Waals surface area contributed by atoms with Crippen LogP contribution >= 0.6 is 0 Å². The lowest BCUT2D eigenvalue weighted by Gasteiger charge is -2.16. The molecular weight excluding hydrogens is 210 g/mol. The Labute approximate surface area is 108 Å². The molecule has 1 saturated carbocycles. The van der Waals surface area contributed by atoms with Crippen LogP contribution in [0.25, 0.3) is 0 Å². The van der Waals surface area contributed by atoms with Crippen molar-refractivity contribution in [1.29, 1.82) is 0 Å². The fourth-order valence-electron chi connectivity index (χ4n) is 2.45. The monoisotopic (exact) mass is 241 g/mol. The van der Waals surface area contributed by atoms with Crippen molar-refractivity contribution in [3.8, 4) is 0 Å². The van der Waals surface area contributed by atoms with Crippen molar-refractivity contribution in [3.63, 3.8) is 0 Å². The second-order valence-corrected chi connectivity index (χ2v) is 6.06. The fourth-order valence-corrected chi connectivity index (χ4v) is 2.45. The van der Waals surface area contributed by atoms with Gasteiger partial charge in [0.2, 0.25) is 0 Å². The van der Waals surface area contributed by atoms with Crippen LogP contribution in [0, 0.1) is 11.8 Å². The third-order valence-electron chi connectivity index (χ3n) is 3.78. The van der Waals surface area contributed by atoms with Crippen LogP contribution < -0.4 is 5.32 Å². The summed E-state index contributed by atoms with van der Waals surface area (Å²) in [5, 5.41) is 3.65. The van der Waals surface area contributed by atoms with Crippen molar-refractivity contribution >= 4 is 0 Å². The SMILES string of the molecule is CC(C)CCOCCNC1CCCC(C)CC1. The lowest BCUT2D eigenvalue weighted by Crippen LogP contribution is -2.31. The predicted octanol–water partition coefficient (Wildman–Crippen LogP) is 3.61. The normalized spacial score (nSPS) is 26.1. The Morgan fingerprint density at radius 3 is 2.71 bits per heavy atom. The van der Waals surface area contributed by atoms with E-state index < -0.39 is 0 Å². The van der Waals surface area contributed by atoms with Crippen LogP contribution in [-0.4, -0.2) is 25.8 Å². The zero-order valence-corrected chi connectivity index (χ0v) is 12.0. The highest BCUT2D eigenvalue weighted by atomic mass is 16.5. The van der Waals surface area contributed by atoms with Crippen molar-refractivity contribution in [1.82, 2.24) is 5.32 Å². The van der Waals surface area contributed by atoms with Crippen LogP contribution in [0.1, 0.15) is 59.3 Å². The molecule has 1 N–H and O–H groups in total. The Morgan fingerprint density at radius 2 is 1.94 bits per heavy atom. The minimum atomic E-state index is 0.744. The minimum Gasteiger partial charge on any atom is -0.380 e. The van der Waals surface area contributed by atoms with Crippen LogP contribution in [0.5, 0.6) is 0 Å². The summed E-state index contributed by atoms with van der Waals surface area (Å²) in [7, 11) is 0. The van der Waals surface area contributed by atoms with E-state index in [9.17, 15) is 0 Å². The number of ether oxygens (including phenoxy) is 1. The summed E-state index contributed by atoms with van der Waals surface area (Å²) in [5.41, 5.74) is 0. The first kappa shape index (κ1) is 15.0. The van der Waals surface area contributed by atoms with E-state index in [0.29, 0.717) is 0 Å². The Hall–Kier alpha value is -0.0800. The largest absolute Gasteiger partial charge is 0.380 e. The first-order chi connectivity index (χ1) is 8.18. The third kappa shape index (κ3) is 7.77. The predicted molar refractivity (Wildman–Crippen MR) is 74.3 cm³/mol. The molecule has 0 aromatic rings. The molecule has 1 aliphatic rings. The smallest absolute Gasteiger partial charge is 0.0591 e. The Balaban J connectivity index is 1.95. The van der Waals surface area contributed by atoms with Gasteiger partial charge in [-0.3, -0.25) is 0 Å². The molecule has 2 heteroatoms. The third-order valence-corrected chi connectivity index (χ3v) is 3.78. The molecule has 0 radical (unpaired) electrons. The van der Waals surface area contributed by atoms with Crippen LogP contribution in [0.2, 0.25) is 0 Å². The molecule has 102 valence electrons. The maximum Gasteiger partial charge on any atom is 0.0591 e. The van der Waals surface area contributed by atoms with E-state index in [4.69, 9.17) is 4.74 Å². The highest BCUT2D eigenvalue weighted by molar-refractivity contribution is 4.73. The van der Waals surface area contributed by atoms with Gasteiger partial charge in [0.25, 0.3) is 0 Å². The zero-order chi connectivity index (χ0) is 12.5. The van der Waals surface area contributed by atoms with E-state index in [1.807, 2.05) is 0 Å². The zero-order valence-electron chi connectivity index (χ0n) is 12.0. The summed E-state index contributed by atoms with van der Waals surface area (Å²) in [5.74, 6) is 1.69. The number of hydrogen-bond acceptors (Lipinski definition) is 2. The molecule has 0 aromatic heterocycles. The summed E-state index contributed by atoms with van der Waals surface area (Å²) in [6, 6.07) is 0.744. The Morgan fingerprint density at radius 1 is 1.12 bits per heavy atom. The first-order valence-electron chi connectivity index (χ1n) is 7.49. The highest BCUT2D eigenvalue weighted by Gasteiger charge is 2.15. The molecule has 0 saturated heterocycles. The average Bonchev–Trinajstić information content (AvgIpc) is 2.48. The molecule has 2 unspecified atom stereocenters. The number of nitrogens with one attached hydrogen (secondary N) is 1. The van der Waals surface area contributed by atoms with Gasteiger partial charge in [-0.2, -0.15) is 0 Å². The van der Waals surface area contributed by atoms with Gasteiger partial charge in [-0.25, -0.2) is 0 Å². The van der Waals surface area contributed by atoms with Crippen molar-refractivity contribution in [2.45, 2.75) is 65.3 Å². The van der Waals surface area contributed by atoms with E-state index in [0.717, 1.165) is 37.6 Å². The van der Waals surface area contributed by atoms with Crippen LogP contribution in [-0.2, 0) is 4.74 Å². The van der Waals surface area contributed by atoms with Crippen LogP contribution in [0.3, 0.4) is 0 Å². The molecule has 0 amide bonds. The van der Waals surface area contributed by atoms with Gasteiger partial charge in [-0.05, 0) is 37.5 Å². The standard InChI is InChI=1S/C15H31NO/c1-13(2)9-11-17-12-10-16-15-6-4-5-14(3)7-8-15/h13-16H,4-12H2,1-3H3. The van der Waals surface area contributed by atoms with Gasteiger partial charge in [-0.1, -0.05) is 33.6 Å². The fraction of sp³-hybridized carbons (Fsp3) is 1.00. The Kier molecular flexibility index (Phi) is 7.87. The number of hydrogen-bond donors (Lipinski definition) is 1. The quantitative estimate of drug-likeness (QED) is 0.543. The van der Waals surface area contributed by atoms with Gasteiger partial charge in [0.1, 0.15) is 0 Å². The number of rotatable bonds is 7. The lowest BCUT2D eigenvalue weighted by atomic mass is 10.0. The molecule has 0 bridgehead atoms. The Bertz CT molecular complexity index is 182. The minimum absolute atomic E-state index is 0.744. The molecule has 0 aromatic carbocycles. The lowest BCUT2D eigenvalue weighted by molar-refractivity contribution is 0.123. The van der Waals surface area contributed by atoms with Gasteiger partial charge in [0.05, 0.1) is 6.61 Å². The second kappa shape index (κ2) is 8.93. The van der Waals surface area contributed by atoms with Crippen LogP contribution in [0.4, 0.5) is 0 Å². The van der Waals surface area contributed by atoms with E-state index in [2.05, 4.69) is 26.1 Å². The summed E-state index contributed by atoms with van der Waals surface area (Å²) in [4.78, 5) is 0. The molecule has 1 aliphatic carbocycles. The van der Waals surface area contributed by atoms with E-state index in [-0.39, 0.29) is 0 Å². The molecule has 17 heavy (non-hydrogen) atoms. The molecule has 2 nitrogen and oxygen atoms in total. The first-order valence-corrected chi connectivity index (χ1v) is 7.49. The maximum absolute atomic E-state index is 5.63. The van der Waals surface area contributed by atoms with E-state index in [1.54, 1.807) is 0 Å². The average molecular weight is 241 g/mol. The molecule has 0 spiro atoms. The molecule has 1 rings (SSSR count). The summed E-state index contributed by atoms with van der Waals surface area (Å²) in [6.07, 6.45) is 8.10. The van der Waals surface area contributed by atoms with E-state index >= 15 is 0 Å². The van der Waals surface area contributed by atoms with Crippen molar-refractivity contribution < 1.29 is 4.74 Å². The van der Waals surface area contributed by atoms with Crippen molar-refractivity contribution in [3.05, 3.63) is 0 Å². The second-order valence-electron chi connectivity index (χ2n) is 6.06. The molecule has 0 aliphatic heterocycles. The van der Waals surface area contributed by atoms with Gasteiger partial charge in [0, 0.05) is 19.2 Å². The molecule has 0 heterocycles. The van der Waals surface area contributed by atoms with Crippen molar-refractivity contribution in [2.24, 2.45) is 11.8 Å². The summed E-state index contributed by atoms with van der Waals surface area (Å²) >= 11 is 0. The van der Waals surface area contributed by atoms with Gasteiger partial charge < -0.3 is 10.1 Å². The van der Waals surface area contributed by atoms with Gasteiger partial charge in [0.15, 0.2) is 0 Å². The van der Waals surface area contributed by atoms with Gasteiger partial charge >= 0.3 is 0 Å². The summed E-state index contributed by atoms with van der Waals surface area (Å²) in [6.45, 7) is 9.69. The van der Waals surface area contributed by atoms with E-state index in [1.165, 1.54) is 38.5 Å². The summed E-state index contributed by atoms with van der Waals surface area (Å²) < 4.78 is 5.63. The molecule has 1 fully saturated rings. The van der Waals surface area contributed by atoms with Gasteiger partial charge in [-0.15, -0.1) is 0 Å². The van der Waals surface area contributed by atoms with Crippen LogP contribution in [0.15, 0.2) is 0 Å². The van der Waals surface area contributed by atoms with Crippen molar-refractivity contribution in [2.75, 3.05) is 19.8 Å². The molecule has 2 atom stereocenters. The maximum atomic E-state index is 5.63. The highest BCUT2D eigenvalue weighted by Crippen LogP contribution is 2.22. The topological polar surface area (TPSA) is 21.3 Å².